The van der Waals surface area contributed by atoms with Crippen molar-refractivity contribution in [1.29, 1.82) is 0 Å². The van der Waals surface area contributed by atoms with Crippen molar-refractivity contribution >= 4 is 5.69 Å². The zero-order valence-corrected chi connectivity index (χ0v) is 9.49. The molecule has 0 unspecified atom stereocenters. The molecular weight excluding hydrogens is 194 g/mol. The van der Waals surface area contributed by atoms with Crippen LogP contribution in [0.5, 0.6) is 0 Å². The van der Waals surface area contributed by atoms with Gasteiger partial charge in [0.1, 0.15) is 0 Å². The van der Waals surface area contributed by atoms with Crippen LogP contribution in [0, 0.1) is 20.4 Å². The molecule has 0 spiro atoms. The van der Waals surface area contributed by atoms with Crippen molar-refractivity contribution in [3.63, 3.8) is 0 Å². The van der Waals surface area contributed by atoms with Gasteiger partial charge in [0.05, 0.1) is 6.57 Å². The second kappa shape index (κ2) is 4.20. The molecule has 2 rings (SSSR count). The number of para-hydroxylation sites is 1. The molecule has 0 radical (unpaired) electrons. The lowest BCUT2D eigenvalue weighted by Gasteiger charge is -2.07. The summed E-state index contributed by atoms with van der Waals surface area (Å²) in [5.41, 5.74) is 5.16. The number of rotatable bonds is 1. The Hall–Kier alpha value is -2.07. The monoisotopic (exact) mass is 207 g/mol. The molecule has 0 fully saturated rings. The maximum atomic E-state index is 7.25. The Balaban J connectivity index is 2.66. The third kappa shape index (κ3) is 1.83. The van der Waals surface area contributed by atoms with E-state index in [-0.39, 0.29) is 0 Å². The fraction of sp³-hybridized carbons (Fsp3) is 0.133. The van der Waals surface area contributed by atoms with E-state index in [1.54, 1.807) is 0 Å². The standard InChI is InChI=1S/C15H13N/c1-11-6-4-8-13(10-11)14-9-5-7-12(2)15(14)16-3/h4-10H,1-2H3. The molecule has 0 aliphatic heterocycles. The van der Waals surface area contributed by atoms with Gasteiger partial charge in [-0.3, -0.25) is 0 Å². The molecule has 1 nitrogen and oxygen atoms in total. The largest absolute Gasteiger partial charge is 0.237 e. The number of hydrogen-bond donors (Lipinski definition) is 0. The van der Waals surface area contributed by atoms with Gasteiger partial charge in [-0.2, -0.15) is 0 Å². The molecule has 0 saturated heterocycles. The fourth-order valence-corrected chi connectivity index (χ4v) is 1.85. The van der Waals surface area contributed by atoms with Crippen molar-refractivity contribution in [3.05, 3.63) is 65.0 Å². The van der Waals surface area contributed by atoms with E-state index in [4.69, 9.17) is 6.57 Å². The van der Waals surface area contributed by atoms with Crippen LogP contribution in [0.15, 0.2) is 42.5 Å². The average molecular weight is 207 g/mol. The minimum Gasteiger partial charge on any atom is -0.237 e. The summed E-state index contributed by atoms with van der Waals surface area (Å²) in [6.45, 7) is 11.3. The summed E-state index contributed by atoms with van der Waals surface area (Å²) >= 11 is 0. The molecule has 0 amide bonds. The average Bonchev–Trinajstić information content (AvgIpc) is 2.28. The molecule has 0 saturated carbocycles. The maximum Gasteiger partial charge on any atom is 0.197 e. The number of aryl methyl sites for hydroxylation is 2. The smallest absolute Gasteiger partial charge is 0.197 e. The molecule has 0 heterocycles. The predicted octanol–water partition coefficient (Wildman–Crippen LogP) is 4.52. The van der Waals surface area contributed by atoms with Gasteiger partial charge < -0.3 is 0 Å². The highest BCUT2D eigenvalue weighted by atomic mass is 14.7. The molecule has 78 valence electrons. The van der Waals surface area contributed by atoms with Crippen LogP contribution in [0.2, 0.25) is 0 Å². The van der Waals surface area contributed by atoms with Gasteiger partial charge in [0, 0.05) is 0 Å². The van der Waals surface area contributed by atoms with Gasteiger partial charge in [-0.25, -0.2) is 4.85 Å². The molecule has 0 aliphatic carbocycles. The summed E-state index contributed by atoms with van der Waals surface area (Å²) < 4.78 is 0. The Morgan fingerprint density at radius 2 is 1.75 bits per heavy atom. The van der Waals surface area contributed by atoms with Crippen LogP contribution < -0.4 is 0 Å². The van der Waals surface area contributed by atoms with E-state index in [9.17, 15) is 0 Å². The Morgan fingerprint density at radius 1 is 1.00 bits per heavy atom. The number of benzene rings is 2. The molecule has 0 bridgehead atoms. The summed E-state index contributed by atoms with van der Waals surface area (Å²) in [6.07, 6.45) is 0. The first-order valence-corrected chi connectivity index (χ1v) is 5.26. The molecule has 0 aliphatic rings. The maximum absolute atomic E-state index is 7.25. The van der Waals surface area contributed by atoms with Crippen LogP contribution in [-0.4, -0.2) is 0 Å². The Labute approximate surface area is 96.2 Å². The number of hydrogen-bond acceptors (Lipinski definition) is 0. The van der Waals surface area contributed by atoms with Crippen LogP contribution in [0.3, 0.4) is 0 Å². The lowest BCUT2D eigenvalue weighted by Crippen LogP contribution is -1.82. The van der Waals surface area contributed by atoms with Crippen LogP contribution in [0.4, 0.5) is 5.69 Å². The first kappa shape index (κ1) is 10.4. The zero-order valence-electron chi connectivity index (χ0n) is 9.49. The van der Waals surface area contributed by atoms with Crippen molar-refractivity contribution in [1.82, 2.24) is 0 Å². The lowest BCUT2D eigenvalue weighted by molar-refractivity contribution is 1.45. The Kier molecular flexibility index (Phi) is 2.74. The second-order valence-corrected chi connectivity index (χ2v) is 3.95. The van der Waals surface area contributed by atoms with E-state index in [2.05, 4.69) is 30.0 Å². The Bertz CT molecular complexity index is 562. The van der Waals surface area contributed by atoms with Crippen molar-refractivity contribution in [3.8, 4) is 11.1 Å². The minimum atomic E-state index is 0.758. The molecular formula is C15H13N. The first-order valence-electron chi connectivity index (χ1n) is 5.26. The van der Waals surface area contributed by atoms with Crippen molar-refractivity contribution in [2.75, 3.05) is 0 Å². The van der Waals surface area contributed by atoms with Gasteiger partial charge in [-0.1, -0.05) is 48.0 Å². The van der Waals surface area contributed by atoms with Gasteiger partial charge in [0.15, 0.2) is 5.69 Å². The fourth-order valence-electron chi connectivity index (χ4n) is 1.85. The molecule has 0 atom stereocenters. The van der Waals surface area contributed by atoms with Gasteiger partial charge >= 0.3 is 0 Å². The third-order valence-corrected chi connectivity index (χ3v) is 2.68. The topological polar surface area (TPSA) is 4.36 Å². The van der Waals surface area contributed by atoms with Gasteiger partial charge in [-0.15, -0.1) is 0 Å². The summed E-state index contributed by atoms with van der Waals surface area (Å²) in [5.74, 6) is 0. The van der Waals surface area contributed by atoms with E-state index in [1.807, 2.05) is 31.2 Å². The van der Waals surface area contributed by atoms with Gasteiger partial charge in [0.2, 0.25) is 0 Å². The summed E-state index contributed by atoms with van der Waals surface area (Å²) in [6, 6.07) is 14.3. The highest BCUT2D eigenvalue weighted by Gasteiger charge is 2.06. The summed E-state index contributed by atoms with van der Waals surface area (Å²) in [5, 5.41) is 0. The van der Waals surface area contributed by atoms with Crippen LogP contribution in [-0.2, 0) is 0 Å². The van der Waals surface area contributed by atoms with Crippen LogP contribution in [0.25, 0.3) is 16.0 Å². The SMILES string of the molecule is [C-]#[N+]c1c(C)cccc1-c1cccc(C)c1. The molecule has 1 heteroatoms. The van der Waals surface area contributed by atoms with E-state index < -0.39 is 0 Å². The summed E-state index contributed by atoms with van der Waals surface area (Å²) in [7, 11) is 0. The van der Waals surface area contributed by atoms with Crippen molar-refractivity contribution < 1.29 is 0 Å². The first-order chi connectivity index (χ1) is 7.72. The lowest BCUT2D eigenvalue weighted by atomic mass is 9.99. The van der Waals surface area contributed by atoms with Gasteiger partial charge in [0.25, 0.3) is 0 Å². The van der Waals surface area contributed by atoms with Crippen molar-refractivity contribution in [2.24, 2.45) is 0 Å². The predicted molar refractivity (Wildman–Crippen MR) is 67.6 cm³/mol. The minimum absolute atomic E-state index is 0.758. The zero-order chi connectivity index (χ0) is 11.5. The summed E-state index contributed by atoms with van der Waals surface area (Å²) in [4.78, 5) is 3.63. The van der Waals surface area contributed by atoms with E-state index in [0.717, 1.165) is 22.4 Å². The quantitative estimate of drug-likeness (QED) is 0.605. The van der Waals surface area contributed by atoms with E-state index in [1.165, 1.54) is 5.56 Å². The van der Waals surface area contributed by atoms with Crippen molar-refractivity contribution in [2.45, 2.75) is 13.8 Å². The van der Waals surface area contributed by atoms with Crippen LogP contribution >= 0.6 is 0 Å². The van der Waals surface area contributed by atoms with E-state index >= 15 is 0 Å². The Morgan fingerprint density at radius 3 is 2.44 bits per heavy atom. The second-order valence-electron chi connectivity index (χ2n) is 3.95. The highest BCUT2D eigenvalue weighted by molar-refractivity contribution is 5.80. The normalized spacial score (nSPS) is 9.81. The van der Waals surface area contributed by atoms with E-state index in [0.29, 0.717) is 0 Å². The highest BCUT2D eigenvalue weighted by Crippen LogP contribution is 2.33. The molecule has 0 N–H and O–H groups in total. The molecule has 16 heavy (non-hydrogen) atoms. The van der Waals surface area contributed by atoms with Gasteiger partial charge in [-0.05, 0) is 30.5 Å². The third-order valence-electron chi connectivity index (χ3n) is 2.68. The molecule has 2 aromatic carbocycles. The number of nitrogens with zero attached hydrogens (tertiary/aromatic N) is 1. The van der Waals surface area contributed by atoms with Crippen LogP contribution in [0.1, 0.15) is 11.1 Å². The molecule has 2 aromatic rings. The molecule has 0 aromatic heterocycles.